The molecule has 0 aliphatic carbocycles. The van der Waals surface area contributed by atoms with Crippen molar-refractivity contribution < 1.29 is 14.6 Å². The summed E-state index contributed by atoms with van der Waals surface area (Å²) in [6, 6.07) is 13.9. The van der Waals surface area contributed by atoms with Crippen LogP contribution in [0.1, 0.15) is 24.5 Å². The smallest absolute Gasteiger partial charge is 0.160 e. The molecule has 0 saturated carbocycles. The molecular weight excluding hydrogens is 302 g/mol. The number of methoxy groups -OCH3 is 2. The van der Waals surface area contributed by atoms with Gasteiger partial charge in [0.15, 0.2) is 11.5 Å². The molecular formula is C20H27NO3. The predicted octanol–water partition coefficient (Wildman–Crippen LogP) is 3.56. The fourth-order valence-electron chi connectivity index (χ4n) is 2.65. The highest BCUT2D eigenvalue weighted by Crippen LogP contribution is 2.27. The van der Waals surface area contributed by atoms with Crippen LogP contribution >= 0.6 is 0 Å². The Kier molecular flexibility index (Phi) is 6.94. The number of nitrogens with one attached hydrogen (secondary N) is 1. The summed E-state index contributed by atoms with van der Waals surface area (Å²) >= 11 is 0. The third-order valence-corrected chi connectivity index (χ3v) is 4.16. The lowest BCUT2D eigenvalue weighted by molar-refractivity contribution is 0.354. The van der Waals surface area contributed by atoms with Crippen molar-refractivity contribution in [2.24, 2.45) is 0 Å². The quantitative estimate of drug-likeness (QED) is 0.738. The van der Waals surface area contributed by atoms with Crippen LogP contribution in [-0.4, -0.2) is 31.9 Å². The van der Waals surface area contributed by atoms with Crippen molar-refractivity contribution >= 4 is 0 Å². The molecule has 2 N–H and O–H groups in total. The molecule has 0 fully saturated rings. The van der Waals surface area contributed by atoms with Gasteiger partial charge in [0, 0.05) is 6.04 Å². The van der Waals surface area contributed by atoms with Gasteiger partial charge in [-0.1, -0.05) is 18.2 Å². The van der Waals surface area contributed by atoms with Gasteiger partial charge in [0.1, 0.15) is 5.75 Å². The largest absolute Gasteiger partial charge is 0.508 e. The molecule has 1 atom stereocenters. The first-order chi connectivity index (χ1) is 11.6. The Morgan fingerprint density at radius 3 is 2.25 bits per heavy atom. The fourth-order valence-corrected chi connectivity index (χ4v) is 2.65. The molecule has 2 aromatic rings. The molecule has 0 aliphatic heterocycles. The zero-order chi connectivity index (χ0) is 17.4. The van der Waals surface area contributed by atoms with Crippen LogP contribution in [0.4, 0.5) is 0 Å². The van der Waals surface area contributed by atoms with Gasteiger partial charge in [0.25, 0.3) is 0 Å². The van der Waals surface area contributed by atoms with Crippen LogP contribution in [0.25, 0.3) is 0 Å². The van der Waals surface area contributed by atoms with Gasteiger partial charge in [-0.2, -0.15) is 0 Å². The van der Waals surface area contributed by atoms with Crippen molar-refractivity contribution in [2.75, 3.05) is 20.8 Å². The van der Waals surface area contributed by atoms with Gasteiger partial charge in [-0.25, -0.2) is 0 Å². The van der Waals surface area contributed by atoms with Crippen LogP contribution in [0.15, 0.2) is 42.5 Å². The lowest BCUT2D eigenvalue weighted by Gasteiger charge is -2.14. The lowest BCUT2D eigenvalue weighted by Crippen LogP contribution is -2.28. The highest BCUT2D eigenvalue weighted by Gasteiger charge is 2.06. The van der Waals surface area contributed by atoms with E-state index >= 15 is 0 Å². The first kappa shape index (κ1) is 18.1. The van der Waals surface area contributed by atoms with Gasteiger partial charge >= 0.3 is 0 Å². The first-order valence-electron chi connectivity index (χ1n) is 8.34. The number of phenols is 1. The van der Waals surface area contributed by atoms with Crippen molar-refractivity contribution in [3.63, 3.8) is 0 Å². The maximum atomic E-state index is 9.30. The second-order valence-electron chi connectivity index (χ2n) is 6.00. The average Bonchev–Trinajstić information content (AvgIpc) is 2.61. The molecule has 0 amide bonds. The third kappa shape index (κ3) is 5.46. The number of ether oxygens (including phenoxy) is 2. The van der Waals surface area contributed by atoms with Gasteiger partial charge in [0.05, 0.1) is 14.2 Å². The topological polar surface area (TPSA) is 50.7 Å². The van der Waals surface area contributed by atoms with Crippen LogP contribution in [0, 0.1) is 0 Å². The third-order valence-electron chi connectivity index (χ3n) is 4.16. The van der Waals surface area contributed by atoms with E-state index < -0.39 is 0 Å². The van der Waals surface area contributed by atoms with Crippen molar-refractivity contribution in [3.8, 4) is 17.2 Å². The van der Waals surface area contributed by atoms with Gasteiger partial charge in [-0.3, -0.25) is 0 Å². The van der Waals surface area contributed by atoms with Crippen molar-refractivity contribution in [2.45, 2.75) is 32.2 Å². The van der Waals surface area contributed by atoms with Crippen molar-refractivity contribution in [1.29, 1.82) is 0 Å². The summed E-state index contributed by atoms with van der Waals surface area (Å²) in [5.41, 5.74) is 2.48. The number of hydrogen-bond acceptors (Lipinski definition) is 4. The van der Waals surface area contributed by atoms with E-state index in [0.29, 0.717) is 11.8 Å². The van der Waals surface area contributed by atoms with Crippen molar-refractivity contribution in [1.82, 2.24) is 5.32 Å². The summed E-state index contributed by atoms with van der Waals surface area (Å²) < 4.78 is 10.6. The van der Waals surface area contributed by atoms with Crippen LogP contribution in [-0.2, 0) is 12.8 Å². The molecule has 4 nitrogen and oxygen atoms in total. The van der Waals surface area contributed by atoms with Crippen molar-refractivity contribution in [3.05, 3.63) is 53.6 Å². The molecule has 0 bridgehead atoms. The number of rotatable bonds is 9. The lowest BCUT2D eigenvalue weighted by atomic mass is 10.1. The van der Waals surface area contributed by atoms with E-state index in [-0.39, 0.29) is 0 Å². The van der Waals surface area contributed by atoms with E-state index in [4.69, 9.17) is 9.47 Å². The average molecular weight is 329 g/mol. The highest BCUT2D eigenvalue weighted by molar-refractivity contribution is 5.42. The first-order valence-corrected chi connectivity index (χ1v) is 8.34. The van der Waals surface area contributed by atoms with Crippen LogP contribution in [0.5, 0.6) is 17.2 Å². The summed E-state index contributed by atoms with van der Waals surface area (Å²) in [6.45, 7) is 3.13. The maximum Gasteiger partial charge on any atom is 0.160 e. The molecule has 24 heavy (non-hydrogen) atoms. The number of aromatic hydroxyl groups is 1. The van der Waals surface area contributed by atoms with Crippen LogP contribution < -0.4 is 14.8 Å². The summed E-state index contributed by atoms with van der Waals surface area (Å²) in [6.07, 6.45) is 3.02. The molecule has 130 valence electrons. The predicted molar refractivity (Wildman–Crippen MR) is 97.1 cm³/mol. The Labute approximate surface area is 144 Å². The minimum atomic E-state index is 0.319. The van der Waals surface area contributed by atoms with E-state index in [1.165, 1.54) is 11.1 Å². The molecule has 0 aliphatic rings. The summed E-state index contributed by atoms with van der Waals surface area (Å²) in [4.78, 5) is 0. The maximum absolute atomic E-state index is 9.30. The minimum absolute atomic E-state index is 0.319. The van der Waals surface area contributed by atoms with E-state index in [1.54, 1.807) is 26.4 Å². The second-order valence-corrected chi connectivity index (χ2v) is 6.00. The van der Waals surface area contributed by atoms with E-state index in [2.05, 4.69) is 18.3 Å². The molecule has 0 radical (unpaired) electrons. The van der Waals surface area contributed by atoms with Gasteiger partial charge in [-0.15, -0.1) is 0 Å². The Morgan fingerprint density at radius 2 is 1.58 bits per heavy atom. The fraction of sp³-hybridized carbons (Fsp3) is 0.400. The number of phenolic OH excluding ortho intramolecular Hbond substituents is 1. The van der Waals surface area contributed by atoms with E-state index in [1.807, 2.05) is 24.3 Å². The van der Waals surface area contributed by atoms with E-state index in [0.717, 1.165) is 37.3 Å². The molecule has 2 aromatic carbocycles. The SMILES string of the molecule is COc1ccc(CCNC(C)CCc2ccc(O)cc2)cc1OC. The van der Waals surface area contributed by atoms with Crippen LogP contribution in [0.3, 0.4) is 0 Å². The second kappa shape index (κ2) is 9.18. The Hall–Kier alpha value is -2.20. The Morgan fingerprint density at radius 1 is 0.917 bits per heavy atom. The van der Waals surface area contributed by atoms with E-state index in [9.17, 15) is 5.11 Å². The molecule has 0 saturated heterocycles. The molecule has 0 heterocycles. The molecule has 0 aromatic heterocycles. The summed E-state index contributed by atoms with van der Waals surface area (Å²) in [5.74, 6) is 1.85. The number of benzene rings is 2. The number of aryl methyl sites for hydroxylation is 1. The molecule has 4 heteroatoms. The standard InChI is InChI=1S/C20H27NO3/c1-15(4-5-16-6-9-18(22)10-7-16)21-13-12-17-8-11-19(23-2)20(14-17)24-3/h6-11,14-15,21-22H,4-5,12-13H2,1-3H3. The Bertz CT molecular complexity index is 625. The summed E-state index contributed by atoms with van der Waals surface area (Å²) in [5, 5.41) is 12.9. The number of hydrogen-bond donors (Lipinski definition) is 2. The zero-order valence-corrected chi connectivity index (χ0v) is 14.7. The molecule has 1 unspecified atom stereocenters. The summed E-state index contributed by atoms with van der Waals surface area (Å²) in [7, 11) is 3.31. The highest BCUT2D eigenvalue weighted by atomic mass is 16.5. The van der Waals surface area contributed by atoms with Gasteiger partial charge in [0.2, 0.25) is 0 Å². The normalized spacial score (nSPS) is 12.0. The molecule has 2 rings (SSSR count). The Balaban J connectivity index is 1.74. The zero-order valence-electron chi connectivity index (χ0n) is 14.7. The van der Waals surface area contributed by atoms with Gasteiger partial charge in [-0.05, 0) is 68.1 Å². The minimum Gasteiger partial charge on any atom is -0.508 e. The van der Waals surface area contributed by atoms with Gasteiger partial charge < -0.3 is 19.9 Å². The molecule has 0 spiro atoms. The monoisotopic (exact) mass is 329 g/mol. The van der Waals surface area contributed by atoms with Crippen LogP contribution in [0.2, 0.25) is 0 Å².